The lowest BCUT2D eigenvalue weighted by Crippen LogP contribution is -2.30. The Hall–Kier alpha value is -1.89. The predicted octanol–water partition coefficient (Wildman–Crippen LogP) is 3.02. The Balaban J connectivity index is 1.80. The molecule has 25 heavy (non-hydrogen) atoms. The second kappa shape index (κ2) is 6.78. The highest BCUT2D eigenvalue weighted by molar-refractivity contribution is 7.90. The number of rotatable bonds is 4. The third-order valence-corrected chi connectivity index (χ3v) is 6.51. The minimum absolute atomic E-state index is 0.0404. The molecule has 2 aliphatic rings. The first-order chi connectivity index (χ1) is 11.8. The SMILES string of the molecule is CN1CCCC1=NS(=O)(=O)c1cccc(NC(=O)C2(C)CCCC2)c1. The topological polar surface area (TPSA) is 78.8 Å². The van der Waals surface area contributed by atoms with Crippen LogP contribution in [-0.4, -0.2) is 38.7 Å². The number of amides is 1. The van der Waals surface area contributed by atoms with Gasteiger partial charge in [-0.1, -0.05) is 25.8 Å². The van der Waals surface area contributed by atoms with E-state index in [4.69, 9.17) is 0 Å². The van der Waals surface area contributed by atoms with E-state index in [0.29, 0.717) is 17.9 Å². The van der Waals surface area contributed by atoms with Gasteiger partial charge in [0, 0.05) is 31.1 Å². The average Bonchev–Trinajstić information content (AvgIpc) is 3.17. The number of hydrogen-bond acceptors (Lipinski definition) is 3. The molecule has 1 N–H and O–H groups in total. The lowest BCUT2D eigenvalue weighted by atomic mass is 9.88. The van der Waals surface area contributed by atoms with Crippen LogP contribution in [0.5, 0.6) is 0 Å². The van der Waals surface area contributed by atoms with E-state index < -0.39 is 10.0 Å². The third-order valence-electron chi connectivity index (χ3n) is 5.21. The van der Waals surface area contributed by atoms with Crippen LogP contribution in [0.4, 0.5) is 5.69 Å². The summed E-state index contributed by atoms with van der Waals surface area (Å²) < 4.78 is 29.1. The molecule has 6 nitrogen and oxygen atoms in total. The maximum Gasteiger partial charge on any atom is 0.284 e. The van der Waals surface area contributed by atoms with Crippen LogP contribution < -0.4 is 5.32 Å². The Morgan fingerprint density at radius 1 is 1.24 bits per heavy atom. The number of likely N-dealkylation sites (tertiary alicyclic amines) is 1. The number of benzene rings is 1. The van der Waals surface area contributed by atoms with Gasteiger partial charge in [0.1, 0.15) is 5.84 Å². The predicted molar refractivity (Wildman–Crippen MR) is 98.1 cm³/mol. The van der Waals surface area contributed by atoms with Crippen molar-refractivity contribution in [3.63, 3.8) is 0 Å². The molecule has 2 fully saturated rings. The molecule has 1 aromatic carbocycles. The van der Waals surface area contributed by atoms with Crippen molar-refractivity contribution in [3.8, 4) is 0 Å². The van der Waals surface area contributed by atoms with E-state index in [1.165, 1.54) is 12.1 Å². The van der Waals surface area contributed by atoms with E-state index in [1.807, 2.05) is 18.9 Å². The van der Waals surface area contributed by atoms with Crippen molar-refractivity contribution in [2.24, 2.45) is 9.81 Å². The summed E-state index contributed by atoms with van der Waals surface area (Å²) in [6, 6.07) is 6.36. The maximum absolute atomic E-state index is 12.6. The summed E-state index contributed by atoms with van der Waals surface area (Å²) in [5.41, 5.74) is 0.140. The number of sulfonamides is 1. The average molecular weight is 363 g/mol. The molecule has 1 saturated heterocycles. The Morgan fingerprint density at radius 2 is 1.96 bits per heavy atom. The van der Waals surface area contributed by atoms with Crippen LogP contribution in [0.15, 0.2) is 33.6 Å². The first-order valence-electron chi connectivity index (χ1n) is 8.77. The van der Waals surface area contributed by atoms with Gasteiger partial charge in [-0.15, -0.1) is 4.40 Å². The quantitative estimate of drug-likeness (QED) is 0.892. The Bertz CT molecular complexity index is 796. The van der Waals surface area contributed by atoms with Gasteiger partial charge in [-0.3, -0.25) is 4.79 Å². The van der Waals surface area contributed by atoms with E-state index in [9.17, 15) is 13.2 Å². The molecular formula is C18H25N3O3S. The van der Waals surface area contributed by atoms with E-state index in [1.54, 1.807) is 12.1 Å². The first kappa shape index (κ1) is 17.9. The van der Waals surface area contributed by atoms with Crippen molar-refractivity contribution in [1.29, 1.82) is 0 Å². The summed E-state index contributed by atoms with van der Waals surface area (Å²) in [6.45, 7) is 2.79. The van der Waals surface area contributed by atoms with Crippen LogP contribution in [0.2, 0.25) is 0 Å². The number of carbonyl (C=O) groups is 1. The number of carbonyl (C=O) groups excluding carboxylic acids is 1. The molecule has 0 aromatic heterocycles. The van der Waals surface area contributed by atoms with Crippen LogP contribution in [0, 0.1) is 5.41 Å². The number of anilines is 1. The van der Waals surface area contributed by atoms with Crippen molar-refractivity contribution in [1.82, 2.24) is 4.90 Å². The molecule has 0 spiro atoms. The van der Waals surface area contributed by atoms with Gasteiger partial charge in [0.15, 0.2) is 0 Å². The van der Waals surface area contributed by atoms with Gasteiger partial charge in [-0.25, -0.2) is 0 Å². The van der Waals surface area contributed by atoms with Gasteiger partial charge < -0.3 is 10.2 Å². The normalized spacial score (nSPS) is 21.7. The van der Waals surface area contributed by atoms with Gasteiger partial charge in [-0.05, 0) is 37.5 Å². The van der Waals surface area contributed by atoms with E-state index in [0.717, 1.165) is 38.6 Å². The highest BCUT2D eigenvalue weighted by atomic mass is 32.2. The number of hydrogen-bond donors (Lipinski definition) is 1. The molecule has 1 amide bonds. The minimum atomic E-state index is -3.77. The zero-order chi connectivity index (χ0) is 18.1. The van der Waals surface area contributed by atoms with Crippen molar-refractivity contribution in [2.45, 2.75) is 50.3 Å². The summed E-state index contributed by atoms with van der Waals surface area (Å²) in [5, 5.41) is 2.88. The molecule has 0 bridgehead atoms. The zero-order valence-electron chi connectivity index (χ0n) is 14.8. The Labute approximate surface area is 149 Å². The van der Waals surface area contributed by atoms with Gasteiger partial charge >= 0.3 is 0 Å². The largest absolute Gasteiger partial charge is 0.362 e. The van der Waals surface area contributed by atoms with Crippen molar-refractivity contribution >= 4 is 27.5 Å². The summed E-state index contributed by atoms with van der Waals surface area (Å²) in [7, 11) is -1.93. The summed E-state index contributed by atoms with van der Waals surface area (Å²) in [4.78, 5) is 14.5. The first-order valence-corrected chi connectivity index (χ1v) is 10.2. The zero-order valence-corrected chi connectivity index (χ0v) is 15.6. The van der Waals surface area contributed by atoms with Crippen LogP contribution in [-0.2, 0) is 14.8 Å². The fourth-order valence-corrected chi connectivity index (χ4v) is 4.64. The molecule has 0 radical (unpaired) electrons. The molecule has 136 valence electrons. The van der Waals surface area contributed by atoms with Crippen molar-refractivity contribution in [3.05, 3.63) is 24.3 Å². The third kappa shape index (κ3) is 3.86. The highest BCUT2D eigenvalue weighted by Gasteiger charge is 2.36. The number of nitrogens with one attached hydrogen (secondary N) is 1. The van der Waals surface area contributed by atoms with Gasteiger partial charge in [0.25, 0.3) is 10.0 Å². The van der Waals surface area contributed by atoms with E-state index in [-0.39, 0.29) is 16.2 Å². The second-order valence-corrected chi connectivity index (χ2v) is 8.86. The van der Waals surface area contributed by atoms with Gasteiger partial charge in [0.2, 0.25) is 5.91 Å². The molecule has 1 aliphatic heterocycles. The summed E-state index contributed by atoms with van der Waals surface area (Å²) >= 11 is 0. The highest BCUT2D eigenvalue weighted by Crippen LogP contribution is 2.38. The summed E-state index contributed by atoms with van der Waals surface area (Å²) in [6.07, 6.45) is 5.45. The number of amidine groups is 1. The molecule has 7 heteroatoms. The molecule has 0 atom stereocenters. The number of nitrogens with zero attached hydrogens (tertiary/aromatic N) is 2. The minimum Gasteiger partial charge on any atom is -0.362 e. The molecule has 1 aromatic rings. The molecule has 1 heterocycles. The fraction of sp³-hybridized carbons (Fsp3) is 0.556. The second-order valence-electron chi connectivity index (χ2n) is 7.26. The lowest BCUT2D eigenvalue weighted by molar-refractivity contribution is -0.124. The van der Waals surface area contributed by atoms with Crippen LogP contribution in [0.25, 0.3) is 0 Å². The van der Waals surface area contributed by atoms with Crippen LogP contribution in [0.1, 0.15) is 45.4 Å². The van der Waals surface area contributed by atoms with Crippen molar-refractivity contribution < 1.29 is 13.2 Å². The monoisotopic (exact) mass is 363 g/mol. The van der Waals surface area contributed by atoms with Crippen LogP contribution in [0.3, 0.4) is 0 Å². The van der Waals surface area contributed by atoms with Gasteiger partial charge in [0.05, 0.1) is 4.90 Å². The molecule has 3 rings (SSSR count). The maximum atomic E-state index is 12.6. The molecule has 1 aliphatic carbocycles. The Kier molecular flexibility index (Phi) is 4.86. The van der Waals surface area contributed by atoms with Crippen LogP contribution >= 0.6 is 0 Å². The molecule has 1 saturated carbocycles. The lowest BCUT2D eigenvalue weighted by Gasteiger charge is -2.22. The Morgan fingerprint density at radius 3 is 2.60 bits per heavy atom. The van der Waals surface area contributed by atoms with E-state index in [2.05, 4.69) is 9.71 Å². The molecule has 0 unspecified atom stereocenters. The van der Waals surface area contributed by atoms with E-state index >= 15 is 0 Å². The van der Waals surface area contributed by atoms with Gasteiger partial charge in [-0.2, -0.15) is 8.42 Å². The fourth-order valence-electron chi connectivity index (χ4n) is 3.50. The molecular weight excluding hydrogens is 338 g/mol. The standard InChI is InChI=1S/C18H25N3O3S/c1-18(10-3-4-11-18)17(22)19-14-7-5-8-15(13-14)25(23,24)20-16-9-6-12-21(16)2/h5,7-8,13H,3-4,6,9-12H2,1-2H3,(H,19,22). The smallest absolute Gasteiger partial charge is 0.284 e. The van der Waals surface area contributed by atoms with Crippen molar-refractivity contribution in [2.75, 3.05) is 18.9 Å². The summed E-state index contributed by atoms with van der Waals surface area (Å²) in [5.74, 6) is 0.550.